The molecule has 7 N–H and O–H groups in total. The van der Waals surface area contributed by atoms with Crippen molar-refractivity contribution in [2.24, 2.45) is 5.73 Å². The molecule has 1 aromatic rings. The van der Waals surface area contributed by atoms with Gasteiger partial charge in [0.2, 0.25) is 0 Å². The number of nitrogens with two attached hydrogens (primary N) is 1. The van der Waals surface area contributed by atoms with Crippen molar-refractivity contribution < 1.29 is 49.5 Å². The lowest BCUT2D eigenvalue weighted by atomic mass is 9.64. The summed E-state index contributed by atoms with van der Waals surface area (Å²) in [6, 6.07) is 8.23. The first-order chi connectivity index (χ1) is 16.3. The molecule has 0 heterocycles. The summed E-state index contributed by atoms with van der Waals surface area (Å²) in [4.78, 5) is 62.1. The molecule has 0 aliphatic carbocycles. The molecule has 0 amide bonds. The van der Waals surface area contributed by atoms with Crippen molar-refractivity contribution in [2.45, 2.75) is 36.8 Å². The molecule has 0 radical (unpaired) electrons. The lowest BCUT2D eigenvalue weighted by molar-refractivity contribution is -0.169. The molecule has 0 aromatic heterocycles. The van der Waals surface area contributed by atoms with Gasteiger partial charge in [-0.3, -0.25) is 33.8 Å². The van der Waals surface area contributed by atoms with E-state index >= 15 is 0 Å². The van der Waals surface area contributed by atoms with Gasteiger partial charge in [-0.05, 0) is 19.0 Å². The molecular weight excluding hydrogens is 466 g/mol. The average molecular weight is 498 g/mol. The minimum atomic E-state index is -2.29. The highest BCUT2D eigenvalue weighted by molar-refractivity contribution is 5.78. The highest BCUT2D eigenvalue weighted by Crippen LogP contribution is 2.44. The molecule has 1 rings (SSSR count). The van der Waals surface area contributed by atoms with Crippen molar-refractivity contribution in [3.05, 3.63) is 35.9 Å². The summed E-state index contributed by atoms with van der Waals surface area (Å²) < 4.78 is 0. The molecule has 13 nitrogen and oxygen atoms in total. The van der Waals surface area contributed by atoms with Gasteiger partial charge in [0, 0.05) is 13.1 Å². The fraction of sp³-hybridized carbons (Fsp3) is 0.500. The van der Waals surface area contributed by atoms with Crippen molar-refractivity contribution in [3.63, 3.8) is 0 Å². The second kappa shape index (κ2) is 12.8. The van der Waals surface area contributed by atoms with Crippen molar-refractivity contribution in [2.75, 3.05) is 33.2 Å². The summed E-state index contributed by atoms with van der Waals surface area (Å²) in [7, 11) is 1.43. The fourth-order valence-electron chi connectivity index (χ4n) is 4.70. The molecule has 0 spiro atoms. The Labute approximate surface area is 201 Å². The largest absolute Gasteiger partial charge is 0.481 e. The number of carbonyl (C=O) groups is 5. The van der Waals surface area contributed by atoms with Gasteiger partial charge in [0.05, 0.1) is 43.4 Å². The molecule has 0 bridgehead atoms. The van der Waals surface area contributed by atoms with Crippen molar-refractivity contribution in [1.29, 1.82) is 0 Å². The standard InChI is InChI=1S/C22H31N3O10/c1-24(8-7-23)21(10-16(26)27,9-15-5-3-2-4-6-15)22(11-17(28)29,12-18(30)31)25(13-19(32)33)14-20(34)35/h2-6H,7-14,23H2,1H3,(H,26,27)(H,28,29)(H,30,31)(H,32,33)(H,34,35). The second-order valence-corrected chi connectivity index (χ2v) is 8.29. The van der Waals surface area contributed by atoms with Crippen LogP contribution in [-0.4, -0.2) is 109 Å². The van der Waals surface area contributed by atoms with E-state index in [1.165, 1.54) is 11.9 Å². The molecule has 35 heavy (non-hydrogen) atoms. The average Bonchev–Trinajstić information content (AvgIpc) is 2.71. The molecule has 1 unspecified atom stereocenters. The normalized spacial score (nSPS) is 13.4. The number of hydrogen-bond donors (Lipinski definition) is 6. The minimum Gasteiger partial charge on any atom is -0.481 e. The summed E-state index contributed by atoms with van der Waals surface area (Å²) in [5.74, 6) is -7.63. The van der Waals surface area contributed by atoms with Crippen LogP contribution in [0.2, 0.25) is 0 Å². The number of rotatable bonds is 17. The molecule has 1 atom stereocenters. The van der Waals surface area contributed by atoms with Crippen LogP contribution in [0.3, 0.4) is 0 Å². The Bertz CT molecular complexity index is 891. The van der Waals surface area contributed by atoms with E-state index in [-0.39, 0.29) is 19.5 Å². The summed E-state index contributed by atoms with van der Waals surface area (Å²) >= 11 is 0. The topological polar surface area (TPSA) is 219 Å². The van der Waals surface area contributed by atoms with Crippen LogP contribution in [0.4, 0.5) is 0 Å². The SMILES string of the molecule is CN(CCN)C(CC(=O)O)(Cc1ccccc1)C(CC(=O)O)(CC(=O)O)N(CC(=O)O)CC(=O)O. The number of carboxylic acids is 5. The number of carboxylic acid groups (broad SMARTS) is 5. The van der Waals surface area contributed by atoms with Crippen molar-refractivity contribution >= 4 is 29.8 Å². The number of hydrogen-bond acceptors (Lipinski definition) is 8. The Hall–Kier alpha value is -3.55. The van der Waals surface area contributed by atoms with Crippen LogP contribution in [-0.2, 0) is 30.4 Å². The molecule has 0 aliphatic heterocycles. The Kier molecular flexibility index (Phi) is 10.8. The van der Waals surface area contributed by atoms with E-state index < -0.39 is 73.3 Å². The molecule has 0 saturated carbocycles. The maximum atomic E-state index is 12.2. The van der Waals surface area contributed by atoms with E-state index in [2.05, 4.69) is 0 Å². The van der Waals surface area contributed by atoms with Crippen LogP contribution < -0.4 is 5.73 Å². The molecule has 1 aromatic carbocycles. The van der Waals surface area contributed by atoms with Gasteiger partial charge in [-0.1, -0.05) is 30.3 Å². The highest BCUT2D eigenvalue weighted by atomic mass is 16.4. The number of likely N-dealkylation sites (N-methyl/N-ethyl adjacent to an activating group) is 1. The van der Waals surface area contributed by atoms with E-state index in [4.69, 9.17) is 5.73 Å². The van der Waals surface area contributed by atoms with E-state index in [0.717, 1.165) is 4.90 Å². The first-order valence-corrected chi connectivity index (χ1v) is 10.6. The van der Waals surface area contributed by atoms with E-state index in [1.807, 2.05) is 0 Å². The van der Waals surface area contributed by atoms with Crippen LogP contribution in [0.15, 0.2) is 30.3 Å². The quantitative estimate of drug-likeness (QED) is 0.160. The zero-order valence-electron chi connectivity index (χ0n) is 19.3. The van der Waals surface area contributed by atoms with Gasteiger partial charge in [0.1, 0.15) is 0 Å². The van der Waals surface area contributed by atoms with Gasteiger partial charge in [0.15, 0.2) is 0 Å². The Morgan fingerprint density at radius 3 is 1.54 bits per heavy atom. The Morgan fingerprint density at radius 2 is 1.17 bits per heavy atom. The molecule has 0 aliphatic rings. The van der Waals surface area contributed by atoms with Crippen LogP contribution in [0.5, 0.6) is 0 Å². The predicted molar refractivity (Wildman–Crippen MR) is 121 cm³/mol. The van der Waals surface area contributed by atoms with E-state index in [9.17, 15) is 49.5 Å². The highest BCUT2D eigenvalue weighted by Gasteiger charge is 2.60. The Balaban J connectivity index is 4.17. The summed E-state index contributed by atoms with van der Waals surface area (Å²) in [5.41, 5.74) is 2.02. The van der Waals surface area contributed by atoms with Gasteiger partial charge in [-0.15, -0.1) is 0 Å². The number of nitrogens with zero attached hydrogens (tertiary/aromatic N) is 2. The van der Waals surface area contributed by atoms with Gasteiger partial charge in [0.25, 0.3) is 0 Å². The van der Waals surface area contributed by atoms with E-state index in [0.29, 0.717) is 5.56 Å². The number of aliphatic carboxylic acids is 5. The maximum Gasteiger partial charge on any atom is 0.317 e. The van der Waals surface area contributed by atoms with Gasteiger partial charge in [-0.25, -0.2) is 0 Å². The third-order valence-corrected chi connectivity index (χ3v) is 5.99. The van der Waals surface area contributed by atoms with Crippen LogP contribution in [0.25, 0.3) is 0 Å². The monoisotopic (exact) mass is 497 g/mol. The van der Waals surface area contributed by atoms with Crippen molar-refractivity contribution in [1.82, 2.24) is 9.80 Å². The van der Waals surface area contributed by atoms with Crippen molar-refractivity contribution in [3.8, 4) is 0 Å². The third kappa shape index (κ3) is 7.73. The zero-order chi connectivity index (χ0) is 26.8. The van der Waals surface area contributed by atoms with Gasteiger partial charge in [-0.2, -0.15) is 0 Å². The van der Waals surface area contributed by atoms with Crippen LogP contribution in [0, 0.1) is 0 Å². The molecule has 0 saturated heterocycles. The summed E-state index contributed by atoms with van der Waals surface area (Å²) in [6.07, 6.45) is -3.15. The van der Waals surface area contributed by atoms with Gasteiger partial charge >= 0.3 is 29.8 Å². The van der Waals surface area contributed by atoms with Crippen LogP contribution in [0.1, 0.15) is 24.8 Å². The summed E-state index contributed by atoms with van der Waals surface area (Å²) in [5, 5.41) is 48.7. The number of benzene rings is 1. The third-order valence-electron chi connectivity index (χ3n) is 5.99. The first-order valence-electron chi connectivity index (χ1n) is 10.6. The Morgan fingerprint density at radius 1 is 0.743 bits per heavy atom. The second-order valence-electron chi connectivity index (χ2n) is 8.29. The lowest BCUT2D eigenvalue weighted by Gasteiger charge is -2.58. The summed E-state index contributed by atoms with van der Waals surface area (Å²) in [6.45, 7) is -2.13. The molecule has 194 valence electrons. The van der Waals surface area contributed by atoms with Crippen LogP contribution >= 0.6 is 0 Å². The fourth-order valence-corrected chi connectivity index (χ4v) is 4.70. The minimum absolute atomic E-state index is 0.0188. The molecule has 13 heteroatoms. The zero-order valence-corrected chi connectivity index (χ0v) is 19.3. The van der Waals surface area contributed by atoms with Gasteiger partial charge < -0.3 is 31.3 Å². The molecular formula is C22H31N3O10. The lowest BCUT2D eigenvalue weighted by Crippen LogP contribution is -2.74. The maximum absolute atomic E-state index is 12.2. The van der Waals surface area contributed by atoms with E-state index in [1.54, 1.807) is 30.3 Å². The first kappa shape index (κ1) is 29.5. The predicted octanol–water partition coefficient (Wildman–Crippen LogP) is -0.507. The smallest absolute Gasteiger partial charge is 0.317 e. The molecule has 0 fully saturated rings.